The third-order valence-electron chi connectivity index (χ3n) is 4.37. The molecule has 4 rings (SSSR count). The molecule has 4 aromatic rings. The number of nitrogens with one attached hydrogen (secondary N) is 1. The first-order chi connectivity index (χ1) is 13.8. The summed E-state index contributed by atoms with van der Waals surface area (Å²) in [5.74, 6) is 0.347. The molecule has 1 atom stereocenters. The Morgan fingerprint density at radius 1 is 1.14 bits per heavy atom. The molecule has 29 heavy (non-hydrogen) atoms. The number of hydrogen-bond donors (Lipinski definition) is 1. The molecule has 1 N–H and O–H groups in total. The number of hydrogen-bond acceptors (Lipinski definition) is 9. The molecular weight excluding hydrogens is 396 g/mol. The van der Waals surface area contributed by atoms with Crippen molar-refractivity contribution in [3.63, 3.8) is 0 Å². The van der Waals surface area contributed by atoms with Gasteiger partial charge in [0.2, 0.25) is 21.7 Å². The first-order valence-electron chi connectivity index (χ1n) is 8.83. The fourth-order valence-electron chi connectivity index (χ4n) is 2.75. The van der Waals surface area contributed by atoms with E-state index >= 15 is 0 Å². The van der Waals surface area contributed by atoms with Crippen LogP contribution in [0.5, 0.6) is 0 Å². The van der Waals surface area contributed by atoms with E-state index in [1.807, 2.05) is 13.8 Å². The van der Waals surface area contributed by atoms with E-state index in [0.29, 0.717) is 22.5 Å². The van der Waals surface area contributed by atoms with Crippen molar-refractivity contribution in [3.05, 3.63) is 48.4 Å². The molecule has 0 unspecified atom stereocenters. The van der Waals surface area contributed by atoms with Crippen LogP contribution in [-0.2, 0) is 10.0 Å². The zero-order chi connectivity index (χ0) is 20.6. The van der Waals surface area contributed by atoms with Crippen molar-refractivity contribution >= 4 is 21.1 Å². The molecule has 0 amide bonds. The van der Waals surface area contributed by atoms with Crippen molar-refractivity contribution in [2.45, 2.75) is 31.7 Å². The first-order valence-corrected chi connectivity index (χ1v) is 10.3. The van der Waals surface area contributed by atoms with E-state index < -0.39 is 16.1 Å². The quantitative estimate of drug-likeness (QED) is 0.504. The Morgan fingerprint density at radius 2 is 1.97 bits per heavy atom. The average molecular weight is 414 g/mol. The number of aryl methyl sites for hydroxylation is 1. The number of pyridine rings is 2. The van der Waals surface area contributed by atoms with Crippen molar-refractivity contribution in [3.8, 4) is 11.4 Å². The molecule has 0 fully saturated rings. The van der Waals surface area contributed by atoms with Gasteiger partial charge in [0.25, 0.3) is 5.71 Å². The third-order valence-corrected chi connectivity index (χ3v) is 5.78. The molecule has 4 aromatic heterocycles. The van der Waals surface area contributed by atoms with Crippen molar-refractivity contribution < 1.29 is 17.5 Å². The van der Waals surface area contributed by atoms with Gasteiger partial charge in [-0.15, -0.1) is 0 Å². The molecule has 0 spiro atoms. The fraction of sp³-hybridized carbons (Fsp3) is 0.278. The van der Waals surface area contributed by atoms with Crippen LogP contribution in [0.1, 0.15) is 31.5 Å². The van der Waals surface area contributed by atoms with Gasteiger partial charge in [-0.05, 0) is 31.0 Å². The highest BCUT2D eigenvalue weighted by Crippen LogP contribution is 2.26. The lowest BCUT2D eigenvalue weighted by Crippen LogP contribution is -2.32. The smallest absolute Gasteiger partial charge is 0.257 e. The lowest BCUT2D eigenvalue weighted by atomic mass is 10.1. The van der Waals surface area contributed by atoms with Gasteiger partial charge < -0.3 is 9.05 Å². The molecule has 0 saturated heterocycles. The fourth-order valence-corrected chi connectivity index (χ4v) is 4.06. The van der Waals surface area contributed by atoms with E-state index in [4.69, 9.17) is 9.05 Å². The molecule has 0 aliphatic rings. The van der Waals surface area contributed by atoms with Gasteiger partial charge in [0.15, 0.2) is 0 Å². The lowest BCUT2D eigenvalue weighted by molar-refractivity contribution is 0.311. The topological polar surface area (TPSA) is 137 Å². The van der Waals surface area contributed by atoms with E-state index in [1.165, 1.54) is 12.3 Å². The van der Waals surface area contributed by atoms with Crippen molar-refractivity contribution in [2.24, 2.45) is 5.92 Å². The molecule has 0 saturated carbocycles. The Balaban J connectivity index is 1.65. The largest absolute Gasteiger partial charge is 0.337 e. The zero-order valence-electron chi connectivity index (χ0n) is 15.9. The maximum Gasteiger partial charge on any atom is 0.257 e. The minimum atomic E-state index is -3.92. The molecule has 150 valence electrons. The minimum absolute atomic E-state index is 0.00560. The third kappa shape index (κ3) is 3.74. The lowest BCUT2D eigenvalue weighted by Gasteiger charge is -2.18. The summed E-state index contributed by atoms with van der Waals surface area (Å²) in [5, 5.41) is 8.27. The van der Waals surface area contributed by atoms with Crippen LogP contribution in [0.4, 0.5) is 0 Å². The Hall–Kier alpha value is -3.18. The Kier molecular flexibility index (Phi) is 4.84. The average Bonchev–Trinajstić information content (AvgIpc) is 3.34. The Labute approximate surface area is 166 Å². The summed E-state index contributed by atoms with van der Waals surface area (Å²) in [6, 6.07) is 4.29. The van der Waals surface area contributed by atoms with Crippen LogP contribution >= 0.6 is 0 Å². The summed E-state index contributed by atoms with van der Waals surface area (Å²) in [4.78, 5) is 12.4. The van der Waals surface area contributed by atoms with Crippen molar-refractivity contribution in [2.75, 3.05) is 0 Å². The number of fused-ring (bicyclic) bond motifs is 1. The van der Waals surface area contributed by atoms with Gasteiger partial charge in [0.1, 0.15) is 10.9 Å². The summed E-state index contributed by atoms with van der Waals surface area (Å²) >= 11 is 0. The number of sulfonamides is 1. The predicted molar refractivity (Wildman–Crippen MR) is 102 cm³/mol. The molecule has 0 radical (unpaired) electrons. The van der Waals surface area contributed by atoms with E-state index in [9.17, 15) is 8.42 Å². The van der Waals surface area contributed by atoms with Crippen LogP contribution < -0.4 is 4.72 Å². The van der Waals surface area contributed by atoms with Gasteiger partial charge in [-0.2, -0.15) is 9.71 Å². The summed E-state index contributed by atoms with van der Waals surface area (Å²) in [6.45, 7) is 5.42. The van der Waals surface area contributed by atoms with Crippen LogP contribution in [0.3, 0.4) is 0 Å². The van der Waals surface area contributed by atoms with Crippen molar-refractivity contribution in [1.82, 2.24) is 30.0 Å². The van der Waals surface area contributed by atoms with E-state index in [0.717, 1.165) is 0 Å². The van der Waals surface area contributed by atoms with Gasteiger partial charge in [0, 0.05) is 18.0 Å². The van der Waals surface area contributed by atoms with Gasteiger partial charge in [-0.25, -0.2) is 13.4 Å². The molecule has 0 aliphatic carbocycles. The first kappa shape index (κ1) is 19.2. The molecule has 0 aliphatic heterocycles. The maximum atomic E-state index is 13.0. The predicted octanol–water partition coefficient (Wildman–Crippen LogP) is 2.65. The highest BCUT2D eigenvalue weighted by molar-refractivity contribution is 7.89. The van der Waals surface area contributed by atoms with Crippen LogP contribution in [-0.4, -0.2) is 33.7 Å². The second kappa shape index (κ2) is 7.33. The minimum Gasteiger partial charge on any atom is -0.337 e. The van der Waals surface area contributed by atoms with Gasteiger partial charge >= 0.3 is 0 Å². The van der Waals surface area contributed by atoms with Gasteiger partial charge in [-0.1, -0.05) is 24.2 Å². The molecule has 4 heterocycles. The summed E-state index contributed by atoms with van der Waals surface area (Å²) in [7, 11) is -3.92. The molecule has 10 nitrogen and oxygen atoms in total. The highest BCUT2D eigenvalue weighted by Gasteiger charge is 2.29. The number of rotatable bonds is 6. The van der Waals surface area contributed by atoms with Gasteiger partial charge in [0.05, 0.1) is 17.3 Å². The van der Waals surface area contributed by atoms with E-state index in [-0.39, 0.29) is 22.4 Å². The molecule has 11 heteroatoms. The monoisotopic (exact) mass is 414 g/mol. The zero-order valence-corrected chi connectivity index (χ0v) is 16.7. The number of nitrogens with zero attached hydrogens (tertiary/aromatic N) is 5. The normalized spacial score (nSPS) is 13.2. The Bertz CT molecular complexity index is 1250. The van der Waals surface area contributed by atoms with Crippen LogP contribution in [0.15, 0.2) is 50.7 Å². The summed E-state index contributed by atoms with van der Waals surface area (Å²) < 4.78 is 39.0. The standard InChI is InChI=1S/C18H18N6O4S/c1-10(2)15(18-21-16(23-28-18)12-5-4-6-19-8-12)24-29(25,26)13-7-14-11(3)22-27-17(14)20-9-13/h4-10,15,24H,1-3H3/t15-/m1/s1. The van der Waals surface area contributed by atoms with Gasteiger partial charge in [-0.3, -0.25) is 4.98 Å². The van der Waals surface area contributed by atoms with Crippen LogP contribution in [0.2, 0.25) is 0 Å². The van der Waals surface area contributed by atoms with E-state index in [2.05, 4.69) is 30.0 Å². The highest BCUT2D eigenvalue weighted by atomic mass is 32.2. The molecular formula is C18H18N6O4S. The van der Waals surface area contributed by atoms with E-state index in [1.54, 1.807) is 31.5 Å². The second-order valence-corrected chi connectivity index (χ2v) is 8.55. The summed E-state index contributed by atoms with van der Waals surface area (Å²) in [6.07, 6.45) is 4.46. The summed E-state index contributed by atoms with van der Waals surface area (Å²) in [5.41, 5.74) is 1.51. The number of aromatic nitrogens is 5. The Morgan fingerprint density at radius 3 is 2.69 bits per heavy atom. The second-order valence-electron chi connectivity index (χ2n) is 6.83. The molecule has 0 aromatic carbocycles. The molecule has 0 bridgehead atoms. The van der Waals surface area contributed by atoms with Crippen molar-refractivity contribution in [1.29, 1.82) is 0 Å². The maximum absolute atomic E-state index is 13.0. The van der Waals surface area contributed by atoms with Crippen LogP contribution in [0.25, 0.3) is 22.5 Å². The van der Waals surface area contributed by atoms with Crippen LogP contribution in [0, 0.1) is 12.8 Å². The SMILES string of the molecule is Cc1noc2ncc(S(=O)(=O)N[C@@H](c3nc(-c4cccnc4)no3)C(C)C)cc12.